The van der Waals surface area contributed by atoms with Crippen LogP contribution in [0.2, 0.25) is 0 Å². The van der Waals surface area contributed by atoms with Gasteiger partial charge in [-0.3, -0.25) is 9.59 Å². The second-order valence-corrected chi connectivity index (χ2v) is 11.5. The molecule has 0 fully saturated rings. The molecule has 2 aromatic carbocycles. The minimum Gasteiger partial charge on any atom is -0.444 e. The third-order valence-corrected chi connectivity index (χ3v) is 6.16. The molecule has 39 heavy (non-hydrogen) atoms. The lowest BCUT2D eigenvalue weighted by Gasteiger charge is -2.35. The molecule has 2 rings (SSSR count). The summed E-state index contributed by atoms with van der Waals surface area (Å²) < 4.78 is 5.51. The first-order valence-corrected chi connectivity index (χ1v) is 14.1. The summed E-state index contributed by atoms with van der Waals surface area (Å²) in [6.45, 7) is 13.7. The molecule has 0 aliphatic rings. The van der Waals surface area contributed by atoms with Gasteiger partial charge >= 0.3 is 6.09 Å². The molecule has 0 aliphatic carbocycles. The normalized spacial score (nSPS) is 12.9. The zero-order chi connectivity index (χ0) is 29.0. The first kappa shape index (κ1) is 31.9. The predicted molar refractivity (Wildman–Crippen MR) is 156 cm³/mol. The number of amides is 3. The van der Waals surface area contributed by atoms with E-state index in [2.05, 4.69) is 17.6 Å². The van der Waals surface area contributed by atoms with Gasteiger partial charge in [-0.25, -0.2) is 4.79 Å². The minimum atomic E-state index is -0.910. The Morgan fingerprint density at radius 1 is 0.923 bits per heavy atom. The Balaban J connectivity index is 2.53. The fourth-order valence-electron chi connectivity index (χ4n) is 4.45. The van der Waals surface area contributed by atoms with E-state index in [9.17, 15) is 14.4 Å². The highest BCUT2D eigenvalue weighted by molar-refractivity contribution is 5.92. The quantitative estimate of drug-likeness (QED) is 0.302. The molecule has 0 saturated heterocycles. The van der Waals surface area contributed by atoms with Crippen molar-refractivity contribution in [2.75, 3.05) is 6.54 Å². The van der Waals surface area contributed by atoms with Crippen LogP contribution < -0.4 is 10.6 Å². The number of nitrogens with zero attached hydrogens (tertiary/aromatic N) is 1. The third-order valence-electron chi connectivity index (χ3n) is 6.16. The molecule has 0 bridgehead atoms. The Hall–Kier alpha value is -3.35. The van der Waals surface area contributed by atoms with Crippen molar-refractivity contribution >= 4 is 17.9 Å². The molecule has 7 heteroatoms. The van der Waals surface area contributed by atoms with E-state index in [0.29, 0.717) is 6.54 Å². The number of hydrogen-bond donors (Lipinski definition) is 2. The Kier molecular flexibility index (Phi) is 12.5. The molecule has 0 aliphatic heterocycles. The van der Waals surface area contributed by atoms with Crippen molar-refractivity contribution in [3.63, 3.8) is 0 Å². The number of carbonyl (C=O) groups excluding carboxylic acids is 3. The van der Waals surface area contributed by atoms with Crippen LogP contribution in [-0.2, 0) is 20.7 Å². The molecule has 2 N–H and O–H groups in total. The second kappa shape index (κ2) is 15.3. The van der Waals surface area contributed by atoms with Crippen molar-refractivity contribution in [2.45, 2.75) is 104 Å². The third kappa shape index (κ3) is 11.1. The molecule has 2 unspecified atom stereocenters. The largest absolute Gasteiger partial charge is 0.444 e. The van der Waals surface area contributed by atoms with Gasteiger partial charge in [0.05, 0.1) is 0 Å². The summed E-state index contributed by atoms with van der Waals surface area (Å²) in [6, 6.07) is 15.4. The number of rotatable bonds is 13. The number of nitrogens with one attached hydrogen (secondary N) is 2. The number of benzene rings is 2. The van der Waals surface area contributed by atoms with Crippen LogP contribution in [0.3, 0.4) is 0 Å². The SMILES string of the molecule is CCCCCCN(C(=O)C(Cc1ccccc1)NC(=O)OC(C)(C)C)C(C(=O)NC(C)C)c1cccc(C)c1. The van der Waals surface area contributed by atoms with E-state index in [4.69, 9.17) is 4.74 Å². The molecule has 0 saturated carbocycles. The highest BCUT2D eigenvalue weighted by Crippen LogP contribution is 2.25. The summed E-state index contributed by atoms with van der Waals surface area (Å²) in [6.07, 6.45) is 3.40. The van der Waals surface area contributed by atoms with Crippen LogP contribution in [-0.4, -0.2) is 47.0 Å². The maximum absolute atomic E-state index is 14.4. The van der Waals surface area contributed by atoms with Crippen LogP contribution in [0.15, 0.2) is 54.6 Å². The molecule has 0 radical (unpaired) electrons. The van der Waals surface area contributed by atoms with E-state index >= 15 is 0 Å². The summed E-state index contributed by atoms with van der Waals surface area (Å²) in [5.41, 5.74) is 1.93. The predicted octanol–water partition coefficient (Wildman–Crippen LogP) is 6.11. The van der Waals surface area contributed by atoms with Crippen LogP contribution in [0, 0.1) is 6.92 Å². The fraction of sp³-hybridized carbons (Fsp3) is 0.531. The van der Waals surface area contributed by atoms with Crippen LogP contribution >= 0.6 is 0 Å². The van der Waals surface area contributed by atoms with Crippen LogP contribution in [0.4, 0.5) is 4.79 Å². The van der Waals surface area contributed by atoms with Crippen molar-refractivity contribution in [2.24, 2.45) is 0 Å². The van der Waals surface area contributed by atoms with Gasteiger partial charge in [0.2, 0.25) is 11.8 Å². The maximum Gasteiger partial charge on any atom is 0.408 e. The highest BCUT2D eigenvalue weighted by Gasteiger charge is 2.36. The van der Waals surface area contributed by atoms with Gasteiger partial charge in [-0.05, 0) is 59.1 Å². The lowest BCUT2D eigenvalue weighted by Crippen LogP contribution is -2.54. The Morgan fingerprint density at radius 2 is 1.62 bits per heavy atom. The van der Waals surface area contributed by atoms with Gasteiger partial charge in [0.1, 0.15) is 17.7 Å². The molecular formula is C32H47N3O4. The molecule has 3 amide bonds. The topological polar surface area (TPSA) is 87.7 Å². The van der Waals surface area contributed by atoms with Crippen molar-refractivity contribution in [3.05, 3.63) is 71.3 Å². The molecule has 0 aromatic heterocycles. The number of hydrogen-bond acceptors (Lipinski definition) is 4. The maximum atomic E-state index is 14.4. The molecular weight excluding hydrogens is 490 g/mol. The first-order chi connectivity index (χ1) is 18.4. The van der Waals surface area contributed by atoms with Crippen molar-refractivity contribution in [1.82, 2.24) is 15.5 Å². The summed E-state index contributed by atoms with van der Waals surface area (Å²) in [7, 11) is 0. The smallest absolute Gasteiger partial charge is 0.408 e. The first-order valence-electron chi connectivity index (χ1n) is 14.1. The van der Waals surface area contributed by atoms with Crippen molar-refractivity contribution in [1.29, 1.82) is 0 Å². The van der Waals surface area contributed by atoms with E-state index in [1.165, 1.54) is 0 Å². The Morgan fingerprint density at radius 3 is 2.21 bits per heavy atom. The van der Waals surface area contributed by atoms with Gasteiger partial charge in [0, 0.05) is 19.0 Å². The summed E-state index contributed by atoms with van der Waals surface area (Å²) in [5.74, 6) is -0.554. The Bertz CT molecular complexity index is 1060. The molecule has 2 aromatic rings. The number of alkyl carbamates (subject to hydrolysis) is 1. The van der Waals surface area contributed by atoms with Gasteiger partial charge in [0.15, 0.2) is 0 Å². The molecule has 7 nitrogen and oxygen atoms in total. The van der Waals surface area contributed by atoms with Gasteiger partial charge in [-0.15, -0.1) is 0 Å². The number of aryl methyl sites for hydroxylation is 1. The average molecular weight is 538 g/mol. The minimum absolute atomic E-state index is 0.0955. The fourth-order valence-corrected chi connectivity index (χ4v) is 4.45. The Labute approximate surface area is 234 Å². The van der Waals surface area contributed by atoms with Gasteiger partial charge < -0.3 is 20.3 Å². The zero-order valence-corrected chi connectivity index (χ0v) is 24.8. The lowest BCUT2D eigenvalue weighted by molar-refractivity contribution is -0.142. The van der Waals surface area contributed by atoms with E-state index in [1.54, 1.807) is 25.7 Å². The van der Waals surface area contributed by atoms with E-state index in [-0.39, 0.29) is 24.3 Å². The van der Waals surface area contributed by atoms with Gasteiger partial charge in [-0.1, -0.05) is 86.3 Å². The number of unbranched alkanes of at least 4 members (excludes halogenated alkanes) is 3. The molecule has 0 spiro atoms. The highest BCUT2D eigenvalue weighted by atomic mass is 16.6. The number of carbonyl (C=O) groups is 3. The van der Waals surface area contributed by atoms with Crippen LogP contribution in [0.1, 0.15) is 90.0 Å². The van der Waals surface area contributed by atoms with E-state index < -0.39 is 23.8 Å². The zero-order valence-electron chi connectivity index (χ0n) is 24.8. The molecule has 2 atom stereocenters. The van der Waals surface area contributed by atoms with Crippen LogP contribution in [0.25, 0.3) is 0 Å². The van der Waals surface area contributed by atoms with Gasteiger partial charge in [0.25, 0.3) is 0 Å². The standard InChI is InChI=1S/C32H47N3O4/c1-8-9-10-14-20-35(28(29(36)33-23(2)3)26-19-15-16-24(4)21-26)30(37)27(22-25-17-12-11-13-18-25)34-31(38)39-32(5,6)7/h11-13,15-19,21,23,27-28H,8-10,14,20,22H2,1-7H3,(H,33,36)(H,34,38). The monoisotopic (exact) mass is 537 g/mol. The molecule has 214 valence electrons. The lowest BCUT2D eigenvalue weighted by atomic mass is 9.98. The van der Waals surface area contributed by atoms with Crippen molar-refractivity contribution in [3.8, 4) is 0 Å². The van der Waals surface area contributed by atoms with Crippen molar-refractivity contribution < 1.29 is 19.1 Å². The summed E-state index contributed by atoms with van der Waals surface area (Å²) >= 11 is 0. The molecule has 0 heterocycles. The second-order valence-electron chi connectivity index (χ2n) is 11.5. The number of ether oxygens (including phenoxy) is 1. The average Bonchev–Trinajstić information content (AvgIpc) is 2.84. The van der Waals surface area contributed by atoms with Gasteiger partial charge in [-0.2, -0.15) is 0 Å². The van der Waals surface area contributed by atoms with Crippen LogP contribution in [0.5, 0.6) is 0 Å². The van der Waals surface area contributed by atoms with E-state index in [1.807, 2.05) is 75.4 Å². The van der Waals surface area contributed by atoms with E-state index in [0.717, 1.165) is 42.4 Å². The summed E-state index contributed by atoms with van der Waals surface area (Å²) in [5, 5.41) is 5.83. The summed E-state index contributed by atoms with van der Waals surface area (Å²) in [4.78, 5) is 42.6.